The van der Waals surface area contributed by atoms with Crippen molar-refractivity contribution in [2.24, 2.45) is 5.73 Å². The van der Waals surface area contributed by atoms with Crippen LogP contribution in [-0.2, 0) is 27.2 Å². The smallest absolute Gasteiger partial charge is 0.233 e. The molecule has 0 bridgehead atoms. The van der Waals surface area contributed by atoms with Gasteiger partial charge in [-0.25, -0.2) is 4.39 Å². The summed E-state index contributed by atoms with van der Waals surface area (Å²) in [7, 11) is 0. The molecule has 4 rings (SSSR count). The van der Waals surface area contributed by atoms with E-state index < -0.39 is 0 Å². The number of hydrogen-bond donors (Lipinski definition) is 5. The third-order valence-corrected chi connectivity index (χ3v) is 6.47. The highest BCUT2D eigenvalue weighted by atomic mass is 19.1. The van der Waals surface area contributed by atoms with Crippen molar-refractivity contribution < 1.29 is 18.7 Å². The maximum Gasteiger partial charge on any atom is 0.233 e. The maximum absolute atomic E-state index is 13.3. The predicted octanol–water partition coefficient (Wildman–Crippen LogP) is 3.37. The fourth-order valence-electron chi connectivity index (χ4n) is 4.36. The Morgan fingerprint density at radius 1 is 0.854 bits per heavy atom. The second-order valence-corrected chi connectivity index (χ2v) is 9.77. The van der Waals surface area contributed by atoms with Crippen LogP contribution in [0, 0.1) is 5.82 Å². The van der Waals surface area contributed by atoms with Crippen molar-refractivity contribution in [2.75, 3.05) is 55.5 Å². The number of aromatic nitrogens is 3. The zero-order valence-corrected chi connectivity index (χ0v) is 23.2. The van der Waals surface area contributed by atoms with Crippen molar-refractivity contribution in [3.63, 3.8) is 0 Å². The summed E-state index contributed by atoms with van der Waals surface area (Å²) in [4.78, 5) is 25.9. The highest BCUT2D eigenvalue weighted by Crippen LogP contribution is 2.23. The van der Waals surface area contributed by atoms with Crippen molar-refractivity contribution in [2.45, 2.75) is 44.7 Å². The lowest BCUT2D eigenvalue weighted by atomic mass is 10.1. The number of hydrogen-bond acceptors (Lipinski definition) is 10. The van der Waals surface area contributed by atoms with E-state index in [0.29, 0.717) is 69.9 Å². The number of carbonyl (C=O) groups is 1. The Labute approximate surface area is 239 Å². The van der Waals surface area contributed by atoms with Gasteiger partial charge in [0, 0.05) is 31.4 Å². The lowest BCUT2D eigenvalue weighted by Gasteiger charge is -2.15. The van der Waals surface area contributed by atoms with Crippen LogP contribution >= 0.6 is 0 Å². The summed E-state index contributed by atoms with van der Waals surface area (Å²) in [5.41, 5.74) is 7.93. The van der Waals surface area contributed by atoms with Gasteiger partial charge in [-0.2, -0.15) is 15.0 Å². The Bertz CT molecular complexity index is 1210. The average Bonchev–Trinajstić information content (AvgIpc) is 3.48. The van der Waals surface area contributed by atoms with Gasteiger partial charge < -0.3 is 36.5 Å². The average molecular weight is 567 g/mol. The largest absolute Gasteiger partial charge is 0.378 e. The zero-order valence-electron chi connectivity index (χ0n) is 23.2. The number of nitrogens with one attached hydrogen (secondary N) is 4. The normalized spacial score (nSPS) is 13.2. The number of halogens is 1. The van der Waals surface area contributed by atoms with Crippen molar-refractivity contribution in [3.05, 3.63) is 65.5 Å². The van der Waals surface area contributed by atoms with Crippen molar-refractivity contribution in [1.29, 1.82) is 0 Å². The van der Waals surface area contributed by atoms with E-state index in [-0.39, 0.29) is 18.1 Å². The van der Waals surface area contributed by atoms with Crippen LogP contribution < -0.4 is 27.0 Å². The molecule has 220 valence electrons. The SMILES string of the molecule is NCCOCCOCCNC(=O)Cc1ccc(Nc2nc(NCc3ccc(F)cc3)nc(NC3CCCC3)n2)cc1. The van der Waals surface area contributed by atoms with Gasteiger partial charge >= 0.3 is 0 Å². The third kappa shape index (κ3) is 10.9. The first-order valence-electron chi connectivity index (χ1n) is 14.1. The summed E-state index contributed by atoms with van der Waals surface area (Å²) in [6, 6.07) is 14.2. The Morgan fingerprint density at radius 3 is 2.24 bits per heavy atom. The van der Waals surface area contributed by atoms with Crippen LogP contribution in [0.5, 0.6) is 0 Å². The van der Waals surface area contributed by atoms with Crippen LogP contribution in [0.15, 0.2) is 48.5 Å². The molecule has 1 aliphatic carbocycles. The first-order valence-corrected chi connectivity index (χ1v) is 14.1. The summed E-state index contributed by atoms with van der Waals surface area (Å²) in [6.45, 7) is 3.26. The molecule has 0 atom stereocenters. The fourth-order valence-corrected chi connectivity index (χ4v) is 4.36. The summed E-state index contributed by atoms with van der Waals surface area (Å²) in [6.07, 6.45) is 4.80. The van der Waals surface area contributed by atoms with Gasteiger partial charge in [-0.15, -0.1) is 0 Å². The molecule has 1 saturated carbocycles. The first kappa shape index (κ1) is 30.1. The number of ether oxygens (including phenoxy) is 2. The summed E-state index contributed by atoms with van der Waals surface area (Å²) < 4.78 is 23.9. The molecule has 0 radical (unpaired) electrons. The van der Waals surface area contributed by atoms with Crippen LogP contribution in [0.4, 0.5) is 27.9 Å². The van der Waals surface area contributed by atoms with Crippen LogP contribution in [0.25, 0.3) is 0 Å². The molecule has 11 nitrogen and oxygen atoms in total. The number of benzene rings is 2. The van der Waals surface area contributed by atoms with Crippen molar-refractivity contribution in [1.82, 2.24) is 20.3 Å². The van der Waals surface area contributed by atoms with Crippen molar-refractivity contribution in [3.8, 4) is 0 Å². The number of carbonyl (C=O) groups excluding carboxylic acids is 1. The Hall–Kier alpha value is -3.87. The Morgan fingerprint density at radius 2 is 1.51 bits per heavy atom. The second-order valence-electron chi connectivity index (χ2n) is 9.77. The quantitative estimate of drug-likeness (QED) is 0.154. The molecular formula is C29H39FN8O3. The lowest BCUT2D eigenvalue weighted by Crippen LogP contribution is -2.29. The number of nitrogens with two attached hydrogens (primary N) is 1. The van der Waals surface area contributed by atoms with Crippen LogP contribution in [-0.4, -0.2) is 66.4 Å². The molecule has 41 heavy (non-hydrogen) atoms. The van der Waals surface area contributed by atoms with Gasteiger partial charge in [0.2, 0.25) is 23.8 Å². The van der Waals surface area contributed by atoms with Crippen LogP contribution in [0.1, 0.15) is 36.8 Å². The number of anilines is 4. The molecule has 0 spiro atoms. The maximum atomic E-state index is 13.3. The minimum absolute atomic E-state index is 0.0781. The molecule has 1 aromatic heterocycles. The molecule has 3 aromatic rings. The summed E-state index contributed by atoms with van der Waals surface area (Å²) in [5.74, 6) is 0.941. The van der Waals surface area contributed by atoms with Gasteiger partial charge in [0.05, 0.1) is 32.8 Å². The zero-order chi connectivity index (χ0) is 28.7. The third-order valence-electron chi connectivity index (χ3n) is 6.47. The van der Waals surface area contributed by atoms with Gasteiger partial charge in [-0.3, -0.25) is 4.79 Å². The van der Waals surface area contributed by atoms with E-state index in [1.54, 1.807) is 12.1 Å². The van der Waals surface area contributed by atoms with Gasteiger partial charge in [0.15, 0.2) is 0 Å². The summed E-state index contributed by atoms with van der Waals surface area (Å²) in [5, 5.41) is 12.7. The molecule has 1 aliphatic rings. The molecule has 1 heterocycles. The molecule has 12 heteroatoms. The van der Waals surface area contributed by atoms with Crippen LogP contribution in [0.3, 0.4) is 0 Å². The van der Waals surface area contributed by atoms with Crippen LogP contribution in [0.2, 0.25) is 0 Å². The molecule has 1 fully saturated rings. The number of rotatable bonds is 17. The van der Waals surface area contributed by atoms with Gasteiger partial charge in [0.1, 0.15) is 5.82 Å². The molecule has 6 N–H and O–H groups in total. The molecule has 0 aliphatic heterocycles. The van der Waals surface area contributed by atoms with Crippen molar-refractivity contribution >= 4 is 29.4 Å². The van der Waals surface area contributed by atoms with E-state index >= 15 is 0 Å². The van der Waals surface area contributed by atoms with E-state index in [1.807, 2.05) is 24.3 Å². The first-order chi connectivity index (χ1) is 20.1. The molecule has 1 amide bonds. The molecule has 0 unspecified atom stereocenters. The Kier molecular flexibility index (Phi) is 12.0. The molecule has 2 aromatic carbocycles. The van der Waals surface area contributed by atoms with E-state index in [0.717, 1.165) is 29.7 Å². The highest BCUT2D eigenvalue weighted by molar-refractivity contribution is 5.78. The minimum atomic E-state index is -0.277. The van der Waals surface area contributed by atoms with E-state index in [2.05, 4.69) is 36.2 Å². The monoisotopic (exact) mass is 566 g/mol. The lowest BCUT2D eigenvalue weighted by molar-refractivity contribution is -0.120. The summed E-state index contributed by atoms with van der Waals surface area (Å²) >= 11 is 0. The Balaban J connectivity index is 1.29. The predicted molar refractivity (Wildman–Crippen MR) is 157 cm³/mol. The molecule has 0 saturated heterocycles. The van der Waals surface area contributed by atoms with E-state index in [9.17, 15) is 9.18 Å². The van der Waals surface area contributed by atoms with Gasteiger partial charge in [-0.05, 0) is 48.2 Å². The minimum Gasteiger partial charge on any atom is -0.378 e. The van der Waals surface area contributed by atoms with Gasteiger partial charge in [-0.1, -0.05) is 37.1 Å². The topological polar surface area (TPSA) is 148 Å². The van der Waals surface area contributed by atoms with Gasteiger partial charge in [0.25, 0.3) is 0 Å². The molecular weight excluding hydrogens is 527 g/mol. The fraction of sp³-hybridized carbons (Fsp3) is 0.448. The number of nitrogens with zero attached hydrogens (tertiary/aromatic N) is 3. The highest BCUT2D eigenvalue weighted by Gasteiger charge is 2.17. The number of amides is 1. The van der Waals surface area contributed by atoms with E-state index in [1.165, 1.54) is 25.0 Å². The standard InChI is InChI=1S/C29H39FN8O3/c30-23-9-5-22(6-10-23)20-33-27-36-28(34-24-3-1-2-4-24)38-29(37-27)35-25-11-7-21(8-12-25)19-26(39)32-14-16-41-18-17-40-15-13-31/h5-12,24H,1-4,13-20,31H2,(H,32,39)(H3,33,34,35,36,37,38). The van der Waals surface area contributed by atoms with E-state index in [4.69, 9.17) is 15.2 Å². The second kappa shape index (κ2) is 16.4.